The van der Waals surface area contributed by atoms with Crippen molar-refractivity contribution in [2.45, 2.75) is 45.2 Å². The van der Waals surface area contributed by atoms with Crippen molar-refractivity contribution in [3.05, 3.63) is 51.7 Å². The first-order chi connectivity index (χ1) is 13.2. The zero-order valence-corrected chi connectivity index (χ0v) is 16.9. The van der Waals surface area contributed by atoms with E-state index >= 15 is 0 Å². The van der Waals surface area contributed by atoms with Crippen molar-refractivity contribution in [3.8, 4) is 0 Å². The fourth-order valence-corrected chi connectivity index (χ4v) is 5.23. The highest BCUT2D eigenvalue weighted by atomic mass is 32.1. The van der Waals surface area contributed by atoms with Gasteiger partial charge in [0.1, 0.15) is 0 Å². The van der Waals surface area contributed by atoms with Crippen LogP contribution in [0.15, 0.2) is 35.0 Å². The van der Waals surface area contributed by atoms with E-state index in [9.17, 15) is 4.79 Å². The van der Waals surface area contributed by atoms with Gasteiger partial charge < -0.3 is 16.0 Å². The minimum atomic E-state index is 0.0373. The molecule has 3 N–H and O–H groups in total. The number of anilines is 1. The summed E-state index contributed by atoms with van der Waals surface area (Å²) < 4.78 is 0. The van der Waals surface area contributed by atoms with Crippen molar-refractivity contribution in [2.24, 2.45) is 11.8 Å². The van der Waals surface area contributed by atoms with Gasteiger partial charge in [0.15, 0.2) is 0 Å². The van der Waals surface area contributed by atoms with Crippen LogP contribution in [0.5, 0.6) is 0 Å². The van der Waals surface area contributed by atoms with Crippen LogP contribution in [-0.2, 0) is 0 Å². The first-order valence-electron chi connectivity index (χ1n) is 10.1. The SMILES string of the molecule is CCCC(C)CNC(=O)c1ccc2c(c1)C1NCCC1C(c1ccsc1)N2. The van der Waals surface area contributed by atoms with Gasteiger partial charge in [-0.15, -0.1) is 0 Å². The molecule has 5 heteroatoms. The molecule has 1 aromatic carbocycles. The van der Waals surface area contributed by atoms with Crippen LogP contribution < -0.4 is 16.0 Å². The summed E-state index contributed by atoms with van der Waals surface area (Å²) in [6.07, 6.45) is 3.45. The smallest absolute Gasteiger partial charge is 0.251 e. The van der Waals surface area contributed by atoms with Crippen LogP contribution in [0.2, 0.25) is 0 Å². The molecule has 2 aromatic rings. The summed E-state index contributed by atoms with van der Waals surface area (Å²) in [4.78, 5) is 12.6. The Kier molecular flexibility index (Phi) is 5.50. The number of amides is 1. The van der Waals surface area contributed by atoms with Gasteiger partial charge in [-0.25, -0.2) is 0 Å². The van der Waals surface area contributed by atoms with Gasteiger partial charge in [-0.05, 0) is 71.5 Å². The minimum absolute atomic E-state index is 0.0373. The van der Waals surface area contributed by atoms with Gasteiger partial charge in [0.25, 0.3) is 5.91 Å². The summed E-state index contributed by atoms with van der Waals surface area (Å²) in [5.74, 6) is 1.08. The first-order valence-corrected chi connectivity index (χ1v) is 11.1. The zero-order chi connectivity index (χ0) is 18.8. The van der Waals surface area contributed by atoms with E-state index in [4.69, 9.17) is 0 Å². The number of hydrogen-bond acceptors (Lipinski definition) is 4. The van der Waals surface area contributed by atoms with Crippen molar-refractivity contribution in [1.82, 2.24) is 10.6 Å². The van der Waals surface area contributed by atoms with E-state index in [1.54, 1.807) is 11.3 Å². The molecule has 0 radical (unpaired) electrons. The van der Waals surface area contributed by atoms with Crippen LogP contribution in [-0.4, -0.2) is 19.0 Å². The lowest BCUT2D eigenvalue weighted by Gasteiger charge is -2.37. The van der Waals surface area contributed by atoms with Crippen LogP contribution in [0.4, 0.5) is 5.69 Å². The summed E-state index contributed by atoms with van der Waals surface area (Å²) in [6, 6.07) is 9.00. The van der Waals surface area contributed by atoms with Crippen molar-refractivity contribution in [3.63, 3.8) is 0 Å². The van der Waals surface area contributed by atoms with E-state index in [2.05, 4.69) is 58.8 Å². The molecule has 2 aliphatic rings. The number of hydrogen-bond donors (Lipinski definition) is 3. The molecule has 0 bridgehead atoms. The van der Waals surface area contributed by atoms with E-state index in [1.165, 1.54) is 11.1 Å². The molecule has 2 aliphatic heterocycles. The molecule has 4 unspecified atom stereocenters. The molecule has 27 heavy (non-hydrogen) atoms. The zero-order valence-electron chi connectivity index (χ0n) is 16.1. The number of nitrogens with one attached hydrogen (secondary N) is 3. The van der Waals surface area contributed by atoms with Crippen LogP contribution in [0, 0.1) is 11.8 Å². The van der Waals surface area contributed by atoms with E-state index in [-0.39, 0.29) is 5.91 Å². The van der Waals surface area contributed by atoms with E-state index < -0.39 is 0 Å². The predicted molar refractivity (Wildman–Crippen MR) is 112 cm³/mol. The molecule has 4 rings (SSSR count). The molecule has 1 saturated heterocycles. The van der Waals surface area contributed by atoms with Gasteiger partial charge in [-0.2, -0.15) is 11.3 Å². The van der Waals surface area contributed by atoms with Crippen molar-refractivity contribution < 1.29 is 4.79 Å². The molecule has 0 spiro atoms. The van der Waals surface area contributed by atoms with Crippen LogP contribution in [0.3, 0.4) is 0 Å². The quantitative estimate of drug-likeness (QED) is 0.676. The summed E-state index contributed by atoms with van der Waals surface area (Å²) in [5.41, 5.74) is 4.52. The highest BCUT2D eigenvalue weighted by molar-refractivity contribution is 7.08. The van der Waals surface area contributed by atoms with Gasteiger partial charge in [-0.3, -0.25) is 4.79 Å². The summed E-state index contributed by atoms with van der Waals surface area (Å²) in [5, 5.41) is 14.9. The molecule has 1 fully saturated rings. The monoisotopic (exact) mass is 383 g/mol. The lowest BCUT2D eigenvalue weighted by atomic mass is 9.80. The highest BCUT2D eigenvalue weighted by Gasteiger charge is 2.40. The number of fused-ring (bicyclic) bond motifs is 3. The summed E-state index contributed by atoms with van der Waals surface area (Å²) >= 11 is 1.75. The lowest BCUT2D eigenvalue weighted by Crippen LogP contribution is -2.33. The molecule has 1 aromatic heterocycles. The van der Waals surface area contributed by atoms with Crippen molar-refractivity contribution in [2.75, 3.05) is 18.4 Å². The molecular formula is C22H29N3OS. The number of carbonyl (C=O) groups is 1. The number of thiophene rings is 1. The molecule has 0 aliphatic carbocycles. The maximum atomic E-state index is 12.6. The molecule has 144 valence electrons. The third-order valence-electron chi connectivity index (χ3n) is 5.95. The van der Waals surface area contributed by atoms with E-state index in [0.29, 0.717) is 23.9 Å². The van der Waals surface area contributed by atoms with Crippen LogP contribution >= 0.6 is 11.3 Å². The standard InChI is InChI=1S/C22H29N3OS/c1-3-4-14(2)12-24-22(26)15-5-6-19-18(11-15)21-17(7-9-23-21)20(25-19)16-8-10-27-13-16/h5-6,8,10-11,13-14,17,20-21,23,25H,3-4,7,9,12H2,1-2H3,(H,24,26). The van der Waals surface area contributed by atoms with Gasteiger partial charge >= 0.3 is 0 Å². The molecular weight excluding hydrogens is 354 g/mol. The molecule has 0 saturated carbocycles. The summed E-state index contributed by atoms with van der Waals surface area (Å²) in [7, 11) is 0. The van der Waals surface area contributed by atoms with Crippen molar-refractivity contribution in [1.29, 1.82) is 0 Å². The number of benzene rings is 1. The van der Waals surface area contributed by atoms with Gasteiger partial charge in [0.2, 0.25) is 0 Å². The van der Waals surface area contributed by atoms with E-state index in [1.807, 2.05) is 6.07 Å². The normalized spacial score (nSPS) is 24.6. The lowest BCUT2D eigenvalue weighted by molar-refractivity contribution is 0.0947. The predicted octanol–water partition coefficient (Wildman–Crippen LogP) is 4.73. The minimum Gasteiger partial charge on any atom is -0.378 e. The maximum Gasteiger partial charge on any atom is 0.251 e. The topological polar surface area (TPSA) is 53.2 Å². The fraction of sp³-hybridized carbons (Fsp3) is 0.500. The Bertz CT molecular complexity index is 789. The largest absolute Gasteiger partial charge is 0.378 e. The Morgan fingerprint density at radius 1 is 1.33 bits per heavy atom. The van der Waals surface area contributed by atoms with Crippen molar-refractivity contribution >= 4 is 22.9 Å². The van der Waals surface area contributed by atoms with Gasteiger partial charge in [-0.1, -0.05) is 20.3 Å². The Morgan fingerprint density at radius 3 is 3.00 bits per heavy atom. The molecule has 3 heterocycles. The fourth-order valence-electron chi connectivity index (χ4n) is 4.54. The maximum absolute atomic E-state index is 12.6. The van der Waals surface area contributed by atoms with E-state index in [0.717, 1.165) is 43.6 Å². The van der Waals surface area contributed by atoms with Gasteiger partial charge in [0, 0.05) is 29.8 Å². The van der Waals surface area contributed by atoms with Gasteiger partial charge in [0.05, 0.1) is 6.04 Å². The molecule has 4 nitrogen and oxygen atoms in total. The molecule has 4 atom stereocenters. The Balaban J connectivity index is 1.54. The number of carbonyl (C=O) groups excluding carboxylic acids is 1. The second-order valence-corrected chi connectivity index (χ2v) is 8.75. The highest BCUT2D eigenvalue weighted by Crippen LogP contribution is 2.47. The number of rotatable bonds is 6. The first kappa shape index (κ1) is 18.5. The Hall–Kier alpha value is -1.85. The van der Waals surface area contributed by atoms with Crippen LogP contribution in [0.1, 0.15) is 66.7 Å². The average molecular weight is 384 g/mol. The second kappa shape index (κ2) is 8.03. The van der Waals surface area contributed by atoms with Crippen LogP contribution in [0.25, 0.3) is 0 Å². The second-order valence-electron chi connectivity index (χ2n) is 7.97. The Labute approximate surface area is 165 Å². The average Bonchev–Trinajstić information content (AvgIpc) is 3.37. The Morgan fingerprint density at radius 2 is 2.22 bits per heavy atom. The summed E-state index contributed by atoms with van der Waals surface area (Å²) in [6.45, 7) is 6.15. The third-order valence-corrected chi connectivity index (χ3v) is 6.65. The molecule has 1 amide bonds. The third kappa shape index (κ3) is 3.76.